The number of hydrogen-bond acceptors (Lipinski definition) is 6. The minimum atomic E-state index is -0.803. The molecule has 1 atom stereocenters. The highest BCUT2D eigenvalue weighted by molar-refractivity contribution is 5.71. The number of carbonyl (C=O) groups is 3. The summed E-state index contributed by atoms with van der Waals surface area (Å²) < 4.78 is 16.7. The van der Waals surface area contributed by atoms with E-state index in [-0.39, 0.29) is 37.5 Å². The molecule has 348 valence electrons. The van der Waals surface area contributed by atoms with E-state index in [1.807, 2.05) is 6.08 Å². The van der Waals surface area contributed by atoms with Crippen LogP contribution in [-0.4, -0.2) is 37.2 Å². The third-order valence-corrected chi connectivity index (χ3v) is 11.0. The van der Waals surface area contributed by atoms with Crippen LogP contribution in [0.4, 0.5) is 0 Å². The standard InChI is InChI=1S/C54H96O6/c1-4-7-10-13-16-19-22-25-27-30-32-35-38-41-44-47-53(56)59-50-51(49-58-52(55)46-43-40-37-34-31-28-24-21-18-15-12-9-6-3)60-54(57)48-45-42-39-36-33-29-26-23-20-17-14-11-8-5-2/h19,22,28-29,31,33,37,40,51H,4-18,20-21,23-27,30,32,34-36,38-39,41-50H2,1-3H3/b22-19+,31-28+,33-29+,40-37+. The van der Waals surface area contributed by atoms with Crippen LogP contribution in [0.3, 0.4) is 0 Å². The second-order valence-corrected chi connectivity index (χ2v) is 17.1. The first-order valence-corrected chi connectivity index (χ1v) is 25.6. The second kappa shape index (κ2) is 49.0. The smallest absolute Gasteiger partial charge is 0.306 e. The summed E-state index contributed by atoms with van der Waals surface area (Å²) in [6, 6.07) is 0. The highest BCUT2D eigenvalue weighted by atomic mass is 16.6. The Morgan fingerprint density at radius 1 is 0.333 bits per heavy atom. The molecule has 0 heterocycles. The maximum absolute atomic E-state index is 12.8. The number of esters is 3. The minimum absolute atomic E-state index is 0.0977. The van der Waals surface area contributed by atoms with Crippen LogP contribution in [0, 0.1) is 0 Å². The Hall–Kier alpha value is -2.63. The molecule has 0 aliphatic carbocycles. The number of hydrogen-bond donors (Lipinski definition) is 0. The lowest BCUT2D eigenvalue weighted by Gasteiger charge is -2.18. The Morgan fingerprint density at radius 3 is 1.07 bits per heavy atom. The largest absolute Gasteiger partial charge is 0.462 e. The maximum Gasteiger partial charge on any atom is 0.306 e. The Bertz CT molecular complexity index is 1060. The fraction of sp³-hybridized carbons (Fsp3) is 0.796. The van der Waals surface area contributed by atoms with Crippen LogP contribution in [-0.2, 0) is 28.6 Å². The van der Waals surface area contributed by atoms with E-state index in [4.69, 9.17) is 14.2 Å². The van der Waals surface area contributed by atoms with E-state index in [0.717, 1.165) is 64.2 Å². The van der Waals surface area contributed by atoms with Gasteiger partial charge in [-0.3, -0.25) is 14.4 Å². The molecule has 0 fully saturated rings. The predicted molar refractivity (Wildman–Crippen MR) is 256 cm³/mol. The summed E-state index contributed by atoms with van der Waals surface area (Å²) in [6.45, 7) is 6.55. The number of rotatable bonds is 46. The zero-order chi connectivity index (χ0) is 43.7. The van der Waals surface area contributed by atoms with Gasteiger partial charge < -0.3 is 14.2 Å². The molecule has 0 saturated heterocycles. The third kappa shape index (κ3) is 46.4. The van der Waals surface area contributed by atoms with Gasteiger partial charge in [0.2, 0.25) is 0 Å². The van der Waals surface area contributed by atoms with Crippen LogP contribution in [0.25, 0.3) is 0 Å². The fourth-order valence-electron chi connectivity index (χ4n) is 7.13. The molecule has 6 nitrogen and oxygen atoms in total. The predicted octanol–water partition coefficient (Wildman–Crippen LogP) is 16.7. The SMILES string of the molecule is CCCCCC/C=C/CCCCCCCCCC(=O)OCC(COC(=O)CC/C=C/C/C=C/CCCCCCCC)OC(=O)CCCCC/C=C/CCCCCCCCC. The van der Waals surface area contributed by atoms with E-state index in [2.05, 4.69) is 63.3 Å². The molecule has 6 heteroatoms. The van der Waals surface area contributed by atoms with Crippen molar-refractivity contribution in [3.8, 4) is 0 Å². The highest BCUT2D eigenvalue weighted by Gasteiger charge is 2.19. The number of carbonyl (C=O) groups excluding carboxylic acids is 3. The molecule has 0 aliphatic rings. The van der Waals surface area contributed by atoms with E-state index >= 15 is 0 Å². The minimum Gasteiger partial charge on any atom is -0.462 e. The number of allylic oxidation sites excluding steroid dienone is 8. The third-order valence-electron chi connectivity index (χ3n) is 11.0. The summed E-state index contributed by atoms with van der Waals surface area (Å²) >= 11 is 0. The van der Waals surface area contributed by atoms with Crippen molar-refractivity contribution in [1.82, 2.24) is 0 Å². The first-order valence-electron chi connectivity index (χ1n) is 25.6. The molecule has 0 bridgehead atoms. The Balaban J connectivity index is 4.45. The molecule has 0 aromatic carbocycles. The van der Waals surface area contributed by atoms with Gasteiger partial charge in [-0.2, -0.15) is 0 Å². The van der Waals surface area contributed by atoms with Gasteiger partial charge in [-0.1, -0.05) is 198 Å². The molecule has 0 spiro atoms. The van der Waals surface area contributed by atoms with E-state index in [1.165, 1.54) is 148 Å². The van der Waals surface area contributed by atoms with Gasteiger partial charge in [0, 0.05) is 19.3 Å². The first kappa shape index (κ1) is 57.4. The zero-order valence-electron chi connectivity index (χ0n) is 39.7. The molecule has 0 aromatic heterocycles. The van der Waals surface area contributed by atoms with Gasteiger partial charge in [0.05, 0.1) is 0 Å². The van der Waals surface area contributed by atoms with Crippen LogP contribution in [0.15, 0.2) is 48.6 Å². The molecule has 0 radical (unpaired) electrons. The van der Waals surface area contributed by atoms with E-state index in [1.54, 1.807) is 0 Å². The van der Waals surface area contributed by atoms with E-state index in [9.17, 15) is 14.4 Å². The summed E-state index contributed by atoms with van der Waals surface area (Å²) in [7, 11) is 0. The lowest BCUT2D eigenvalue weighted by atomic mass is 10.1. The molecule has 0 aromatic rings. The number of ether oxygens (including phenoxy) is 3. The van der Waals surface area contributed by atoms with Crippen LogP contribution in [0.1, 0.15) is 258 Å². The van der Waals surface area contributed by atoms with Gasteiger partial charge in [0.15, 0.2) is 6.10 Å². The molecule has 0 aliphatic heterocycles. The van der Waals surface area contributed by atoms with Gasteiger partial charge in [0.1, 0.15) is 13.2 Å². The average molecular weight is 841 g/mol. The van der Waals surface area contributed by atoms with Crippen molar-refractivity contribution in [2.75, 3.05) is 13.2 Å². The monoisotopic (exact) mass is 841 g/mol. The summed E-state index contributed by atoms with van der Waals surface area (Å²) in [4.78, 5) is 37.9. The quantitative estimate of drug-likeness (QED) is 0.0263. The van der Waals surface area contributed by atoms with Gasteiger partial charge in [-0.15, -0.1) is 0 Å². The molecule has 0 N–H and O–H groups in total. The molecule has 1 unspecified atom stereocenters. The van der Waals surface area contributed by atoms with Crippen molar-refractivity contribution in [3.63, 3.8) is 0 Å². The fourth-order valence-corrected chi connectivity index (χ4v) is 7.13. The molecule has 0 rings (SSSR count). The Kier molecular flexibility index (Phi) is 46.9. The summed E-state index contributed by atoms with van der Waals surface area (Å²) in [5.41, 5.74) is 0. The summed E-state index contributed by atoms with van der Waals surface area (Å²) in [6.07, 6.45) is 58.2. The van der Waals surface area contributed by atoms with Gasteiger partial charge in [-0.05, 0) is 89.9 Å². The first-order chi connectivity index (χ1) is 29.5. The molecule has 0 saturated carbocycles. The normalized spacial score (nSPS) is 12.4. The van der Waals surface area contributed by atoms with E-state index in [0.29, 0.717) is 19.3 Å². The highest BCUT2D eigenvalue weighted by Crippen LogP contribution is 2.14. The van der Waals surface area contributed by atoms with Crippen molar-refractivity contribution >= 4 is 17.9 Å². The van der Waals surface area contributed by atoms with Crippen molar-refractivity contribution in [2.24, 2.45) is 0 Å². The van der Waals surface area contributed by atoms with E-state index < -0.39 is 6.10 Å². The lowest BCUT2D eigenvalue weighted by Crippen LogP contribution is -2.30. The molecular formula is C54H96O6. The Labute approximate surface area is 371 Å². The average Bonchev–Trinajstić information content (AvgIpc) is 3.24. The molecule has 0 amide bonds. The van der Waals surface area contributed by atoms with Crippen LogP contribution in [0.5, 0.6) is 0 Å². The lowest BCUT2D eigenvalue weighted by molar-refractivity contribution is -0.166. The second-order valence-electron chi connectivity index (χ2n) is 17.1. The van der Waals surface area contributed by atoms with Crippen LogP contribution >= 0.6 is 0 Å². The summed E-state index contributed by atoms with van der Waals surface area (Å²) in [5.74, 6) is -0.984. The zero-order valence-corrected chi connectivity index (χ0v) is 39.7. The van der Waals surface area contributed by atoms with Crippen molar-refractivity contribution in [3.05, 3.63) is 48.6 Å². The maximum atomic E-state index is 12.8. The molecule has 60 heavy (non-hydrogen) atoms. The van der Waals surface area contributed by atoms with Crippen molar-refractivity contribution in [1.29, 1.82) is 0 Å². The van der Waals surface area contributed by atoms with Crippen molar-refractivity contribution < 1.29 is 28.6 Å². The van der Waals surface area contributed by atoms with Gasteiger partial charge >= 0.3 is 17.9 Å². The topological polar surface area (TPSA) is 78.9 Å². The van der Waals surface area contributed by atoms with Crippen LogP contribution < -0.4 is 0 Å². The van der Waals surface area contributed by atoms with Gasteiger partial charge in [0.25, 0.3) is 0 Å². The van der Waals surface area contributed by atoms with Crippen LogP contribution in [0.2, 0.25) is 0 Å². The number of unbranched alkanes of at least 4 members (excludes halogenated alkanes) is 27. The Morgan fingerprint density at radius 2 is 0.633 bits per heavy atom. The summed E-state index contributed by atoms with van der Waals surface area (Å²) in [5, 5.41) is 0. The molecular weight excluding hydrogens is 745 g/mol. The van der Waals surface area contributed by atoms with Gasteiger partial charge in [-0.25, -0.2) is 0 Å². The van der Waals surface area contributed by atoms with Crippen molar-refractivity contribution in [2.45, 2.75) is 264 Å².